The van der Waals surface area contributed by atoms with Crippen molar-refractivity contribution in [1.82, 2.24) is 0 Å². The van der Waals surface area contributed by atoms with Crippen molar-refractivity contribution in [3.8, 4) is 11.5 Å². The van der Waals surface area contributed by atoms with E-state index in [9.17, 15) is 9.59 Å². The van der Waals surface area contributed by atoms with Gasteiger partial charge in [0.1, 0.15) is 0 Å². The Labute approximate surface area is 208 Å². The lowest BCUT2D eigenvalue weighted by molar-refractivity contribution is 0.0679. The number of benzene rings is 3. The molecule has 3 aromatic carbocycles. The number of hydrogen-bond acceptors (Lipinski definition) is 4. The lowest BCUT2D eigenvalue weighted by Crippen LogP contribution is -2.18. The van der Waals surface area contributed by atoms with Gasteiger partial charge >= 0.3 is 11.9 Å². The second kappa shape index (κ2) is 11.4. The summed E-state index contributed by atoms with van der Waals surface area (Å²) >= 11 is 0. The van der Waals surface area contributed by atoms with Gasteiger partial charge in [-0.05, 0) is 66.5 Å². The van der Waals surface area contributed by atoms with Crippen molar-refractivity contribution in [2.75, 3.05) is 0 Å². The maximum Gasteiger partial charge on any atom is 0.343 e. The number of ether oxygens (including phenoxy) is 2. The molecule has 0 unspecified atom stereocenters. The van der Waals surface area contributed by atoms with E-state index in [1.807, 2.05) is 31.2 Å². The van der Waals surface area contributed by atoms with Gasteiger partial charge in [-0.2, -0.15) is 0 Å². The molecule has 0 bridgehead atoms. The highest BCUT2D eigenvalue weighted by molar-refractivity contribution is 5.94. The standard InChI is InChI=1S/C31H34O4/c1-4-22-20-26(23-14-8-5-9-15-23)27(21(2)3)29(35-31(33)25-18-12-7-13-19-25)28(22)34-30(32)24-16-10-6-11-17-24/h6-7,10-13,16-21,23H,4-5,8-9,14-15H2,1-3H3. The van der Waals surface area contributed by atoms with E-state index in [-0.39, 0.29) is 5.92 Å². The largest absolute Gasteiger partial charge is 0.419 e. The van der Waals surface area contributed by atoms with E-state index in [4.69, 9.17) is 9.47 Å². The van der Waals surface area contributed by atoms with Crippen LogP contribution in [-0.2, 0) is 6.42 Å². The molecular weight excluding hydrogens is 436 g/mol. The minimum absolute atomic E-state index is 0.0885. The third-order valence-electron chi connectivity index (χ3n) is 6.79. The van der Waals surface area contributed by atoms with Crippen molar-refractivity contribution in [3.63, 3.8) is 0 Å². The van der Waals surface area contributed by atoms with Crippen molar-refractivity contribution in [2.24, 2.45) is 0 Å². The predicted octanol–water partition coefficient (Wildman–Crippen LogP) is 7.86. The van der Waals surface area contributed by atoms with Crippen molar-refractivity contribution in [3.05, 3.63) is 94.5 Å². The lowest BCUT2D eigenvalue weighted by atomic mass is 9.78. The Balaban J connectivity index is 1.86. The van der Waals surface area contributed by atoms with Gasteiger partial charge in [0, 0.05) is 5.56 Å². The molecule has 3 aromatic rings. The Morgan fingerprint density at radius 3 is 1.80 bits per heavy atom. The number of carbonyl (C=O) groups is 2. The Hall–Kier alpha value is -3.40. The monoisotopic (exact) mass is 470 g/mol. The molecule has 182 valence electrons. The van der Waals surface area contributed by atoms with Gasteiger partial charge in [-0.3, -0.25) is 0 Å². The van der Waals surface area contributed by atoms with Crippen molar-refractivity contribution < 1.29 is 19.1 Å². The second-order valence-electron chi connectivity index (χ2n) is 9.55. The van der Waals surface area contributed by atoms with Gasteiger partial charge in [0.25, 0.3) is 0 Å². The molecule has 0 heterocycles. The molecule has 1 aliphatic rings. The molecule has 1 saturated carbocycles. The van der Waals surface area contributed by atoms with Crippen LogP contribution in [0.5, 0.6) is 11.5 Å². The van der Waals surface area contributed by atoms with E-state index >= 15 is 0 Å². The van der Waals surface area contributed by atoms with Crippen LogP contribution in [-0.4, -0.2) is 11.9 Å². The Kier molecular flexibility index (Phi) is 8.02. The van der Waals surface area contributed by atoms with Crippen LogP contribution < -0.4 is 9.47 Å². The van der Waals surface area contributed by atoms with Gasteiger partial charge in [0.15, 0.2) is 11.5 Å². The molecule has 0 spiro atoms. The van der Waals surface area contributed by atoms with E-state index in [2.05, 4.69) is 19.9 Å². The van der Waals surface area contributed by atoms with Crippen LogP contribution in [0.1, 0.15) is 102 Å². The van der Waals surface area contributed by atoms with Gasteiger partial charge in [0.05, 0.1) is 11.1 Å². The number of aryl methyl sites for hydroxylation is 1. The first-order chi connectivity index (χ1) is 17.0. The van der Waals surface area contributed by atoms with Crippen LogP contribution in [0.4, 0.5) is 0 Å². The number of hydrogen-bond donors (Lipinski definition) is 0. The quantitative estimate of drug-likeness (QED) is 0.260. The number of carbonyl (C=O) groups excluding carboxylic acids is 2. The van der Waals surface area contributed by atoms with Gasteiger partial charge in [-0.1, -0.05) is 82.5 Å². The fraction of sp³-hybridized carbons (Fsp3) is 0.355. The molecule has 4 rings (SSSR count). The predicted molar refractivity (Wildman–Crippen MR) is 139 cm³/mol. The zero-order chi connectivity index (χ0) is 24.8. The topological polar surface area (TPSA) is 52.6 Å². The Bertz CT molecular complexity index is 1160. The van der Waals surface area contributed by atoms with Crippen molar-refractivity contribution in [1.29, 1.82) is 0 Å². The van der Waals surface area contributed by atoms with Crippen LogP contribution in [0, 0.1) is 0 Å². The Morgan fingerprint density at radius 1 is 0.800 bits per heavy atom. The highest BCUT2D eigenvalue weighted by Crippen LogP contribution is 2.47. The van der Waals surface area contributed by atoms with E-state index in [1.54, 1.807) is 36.4 Å². The summed E-state index contributed by atoms with van der Waals surface area (Å²) in [5.41, 5.74) is 4.00. The number of esters is 2. The van der Waals surface area contributed by atoms with E-state index in [0.29, 0.717) is 35.0 Å². The van der Waals surface area contributed by atoms with E-state index < -0.39 is 11.9 Å². The average Bonchev–Trinajstić information content (AvgIpc) is 2.90. The highest BCUT2D eigenvalue weighted by Gasteiger charge is 2.30. The molecule has 4 heteroatoms. The van der Waals surface area contributed by atoms with Crippen LogP contribution in [0.3, 0.4) is 0 Å². The number of rotatable bonds is 7. The zero-order valence-electron chi connectivity index (χ0n) is 20.9. The molecule has 4 nitrogen and oxygen atoms in total. The molecule has 35 heavy (non-hydrogen) atoms. The first-order valence-electron chi connectivity index (χ1n) is 12.7. The summed E-state index contributed by atoms with van der Waals surface area (Å²) in [6.07, 6.45) is 6.57. The molecule has 0 saturated heterocycles. The van der Waals surface area contributed by atoms with Crippen LogP contribution in [0.15, 0.2) is 66.7 Å². The molecule has 0 atom stereocenters. The SMILES string of the molecule is CCc1cc(C2CCCCC2)c(C(C)C)c(OC(=O)c2ccccc2)c1OC(=O)c1ccccc1. The summed E-state index contributed by atoms with van der Waals surface area (Å²) in [6, 6.07) is 20.1. The van der Waals surface area contributed by atoms with Crippen LogP contribution >= 0.6 is 0 Å². The summed E-state index contributed by atoms with van der Waals surface area (Å²) in [5.74, 6) is 0.335. The molecule has 0 radical (unpaired) electrons. The summed E-state index contributed by atoms with van der Waals surface area (Å²) in [4.78, 5) is 26.3. The molecule has 1 aliphatic carbocycles. The van der Waals surface area contributed by atoms with Gasteiger partial charge in [0.2, 0.25) is 0 Å². The molecular formula is C31H34O4. The first kappa shape index (κ1) is 24.7. The summed E-state index contributed by atoms with van der Waals surface area (Å²) in [7, 11) is 0. The van der Waals surface area contributed by atoms with Gasteiger partial charge in [-0.25, -0.2) is 9.59 Å². The summed E-state index contributed by atoms with van der Waals surface area (Å²) < 4.78 is 12.1. The third kappa shape index (κ3) is 5.64. The maximum atomic E-state index is 13.2. The average molecular weight is 471 g/mol. The third-order valence-corrected chi connectivity index (χ3v) is 6.79. The second-order valence-corrected chi connectivity index (χ2v) is 9.55. The van der Waals surface area contributed by atoms with E-state index in [1.165, 1.54) is 24.8 Å². The normalized spacial score (nSPS) is 14.1. The summed E-state index contributed by atoms with van der Waals surface area (Å²) in [5, 5.41) is 0. The molecule has 0 N–H and O–H groups in total. The van der Waals surface area contributed by atoms with Crippen molar-refractivity contribution >= 4 is 11.9 Å². The highest BCUT2D eigenvalue weighted by atomic mass is 16.6. The molecule has 0 amide bonds. The van der Waals surface area contributed by atoms with Crippen LogP contribution in [0.25, 0.3) is 0 Å². The fourth-order valence-electron chi connectivity index (χ4n) is 5.00. The first-order valence-corrected chi connectivity index (χ1v) is 12.7. The summed E-state index contributed by atoms with van der Waals surface area (Å²) in [6.45, 7) is 6.25. The fourth-order valence-corrected chi connectivity index (χ4v) is 5.00. The molecule has 0 aliphatic heterocycles. The molecule has 1 fully saturated rings. The van der Waals surface area contributed by atoms with Crippen LogP contribution in [0.2, 0.25) is 0 Å². The lowest BCUT2D eigenvalue weighted by Gasteiger charge is -2.29. The minimum atomic E-state index is -0.461. The smallest absolute Gasteiger partial charge is 0.343 e. The zero-order valence-corrected chi connectivity index (χ0v) is 20.9. The van der Waals surface area contributed by atoms with Crippen molar-refractivity contribution in [2.45, 2.75) is 71.1 Å². The minimum Gasteiger partial charge on any atom is -0.419 e. The Morgan fingerprint density at radius 2 is 1.31 bits per heavy atom. The van der Waals surface area contributed by atoms with Gasteiger partial charge < -0.3 is 9.47 Å². The van der Waals surface area contributed by atoms with E-state index in [0.717, 1.165) is 24.0 Å². The molecule has 0 aromatic heterocycles. The maximum absolute atomic E-state index is 13.2. The van der Waals surface area contributed by atoms with Gasteiger partial charge in [-0.15, -0.1) is 0 Å².